The molecule has 1 fully saturated rings. The average molecular weight is 231 g/mol. The van der Waals surface area contributed by atoms with Crippen molar-refractivity contribution in [1.82, 2.24) is 5.32 Å². The predicted octanol–water partition coefficient (Wildman–Crippen LogP) is 2.40. The van der Waals surface area contributed by atoms with Crippen molar-refractivity contribution in [3.63, 3.8) is 0 Å². The summed E-state index contributed by atoms with van der Waals surface area (Å²) in [6, 6.07) is 4.13. The molecule has 3 N–H and O–H groups in total. The third-order valence-corrected chi connectivity index (χ3v) is 4.10. The van der Waals surface area contributed by atoms with Crippen LogP contribution in [0.2, 0.25) is 4.34 Å². The maximum Gasteiger partial charge on any atom is 0.0931 e. The number of hydrogen-bond donors (Lipinski definition) is 2. The molecule has 1 aliphatic rings. The number of piperidine rings is 1. The van der Waals surface area contributed by atoms with Gasteiger partial charge in [0, 0.05) is 10.9 Å². The highest BCUT2D eigenvalue weighted by Gasteiger charge is 2.22. The second-order valence-corrected chi connectivity index (χ2v) is 5.52. The van der Waals surface area contributed by atoms with Crippen LogP contribution in [-0.4, -0.2) is 13.1 Å². The summed E-state index contributed by atoms with van der Waals surface area (Å²) in [7, 11) is 0. The molecule has 1 aromatic heterocycles. The molecule has 1 saturated heterocycles. The van der Waals surface area contributed by atoms with Crippen LogP contribution in [0.4, 0.5) is 0 Å². The molecule has 2 rings (SSSR count). The summed E-state index contributed by atoms with van der Waals surface area (Å²) in [5.41, 5.74) is 6.19. The minimum absolute atomic E-state index is 0.153. The Bertz CT molecular complexity index is 294. The van der Waals surface area contributed by atoms with E-state index in [-0.39, 0.29) is 6.04 Å². The van der Waals surface area contributed by atoms with E-state index in [1.165, 1.54) is 17.7 Å². The maximum absolute atomic E-state index is 6.19. The number of hydrogen-bond acceptors (Lipinski definition) is 3. The second-order valence-electron chi connectivity index (χ2n) is 3.77. The van der Waals surface area contributed by atoms with E-state index in [1.54, 1.807) is 11.3 Å². The first-order chi connectivity index (χ1) is 6.77. The Morgan fingerprint density at radius 2 is 2.43 bits per heavy atom. The molecule has 78 valence electrons. The van der Waals surface area contributed by atoms with E-state index < -0.39 is 0 Å². The number of halogens is 1. The van der Waals surface area contributed by atoms with Crippen LogP contribution < -0.4 is 11.1 Å². The van der Waals surface area contributed by atoms with Gasteiger partial charge in [0.2, 0.25) is 0 Å². The molecule has 0 aromatic carbocycles. The molecule has 0 bridgehead atoms. The Morgan fingerprint density at radius 1 is 1.57 bits per heavy atom. The minimum atomic E-state index is 0.153. The van der Waals surface area contributed by atoms with Crippen LogP contribution in [0.15, 0.2) is 12.1 Å². The minimum Gasteiger partial charge on any atom is -0.323 e. The summed E-state index contributed by atoms with van der Waals surface area (Å²) in [5.74, 6) is 0.568. The Hall–Kier alpha value is -0.0900. The molecule has 0 radical (unpaired) electrons. The quantitative estimate of drug-likeness (QED) is 0.819. The van der Waals surface area contributed by atoms with Gasteiger partial charge in [0.05, 0.1) is 4.34 Å². The summed E-state index contributed by atoms with van der Waals surface area (Å²) in [6.45, 7) is 2.17. The van der Waals surface area contributed by atoms with Gasteiger partial charge >= 0.3 is 0 Å². The van der Waals surface area contributed by atoms with Gasteiger partial charge in [-0.05, 0) is 44.0 Å². The monoisotopic (exact) mass is 230 g/mol. The SMILES string of the molecule is NC(c1ccc(Cl)s1)C1CCCNC1. The highest BCUT2D eigenvalue weighted by atomic mass is 35.5. The van der Waals surface area contributed by atoms with Gasteiger partial charge in [0.25, 0.3) is 0 Å². The lowest BCUT2D eigenvalue weighted by Crippen LogP contribution is -2.35. The van der Waals surface area contributed by atoms with Crippen molar-refractivity contribution in [3.8, 4) is 0 Å². The zero-order chi connectivity index (χ0) is 9.97. The van der Waals surface area contributed by atoms with Gasteiger partial charge < -0.3 is 11.1 Å². The number of thiophene rings is 1. The van der Waals surface area contributed by atoms with Crippen molar-refractivity contribution in [1.29, 1.82) is 0 Å². The van der Waals surface area contributed by atoms with Crippen LogP contribution in [0.25, 0.3) is 0 Å². The molecule has 2 nitrogen and oxygen atoms in total. The molecular formula is C10H15ClN2S. The van der Waals surface area contributed by atoms with Crippen LogP contribution in [0, 0.1) is 5.92 Å². The second kappa shape index (κ2) is 4.62. The lowest BCUT2D eigenvalue weighted by Gasteiger charge is -2.27. The first-order valence-corrected chi connectivity index (χ1v) is 6.18. The Kier molecular flexibility index (Phi) is 3.44. The molecule has 1 aromatic rings. The van der Waals surface area contributed by atoms with Crippen molar-refractivity contribution in [2.24, 2.45) is 11.7 Å². The topological polar surface area (TPSA) is 38.0 Å². The molecule has 1 aliphatic heterocycles. The first-order valence-electron chi connectivity index (χ1n) is 4.99. The van der Waals surface area contributed by atoms with Crippen molar-refractivity contribution < 1.29 is 0 Å². The summed E-state index contributed by atoms with van der Waals surface area (Å²) >= 11 is 7.49. The fraction of sp³-hybridized carbons (Fsp3) is 0.600. The molecule has 4 heteroatoms. The van der Waals surface area contributed by atoms with Gasteiger partial charge in [0.15, 0.2) is 0 Å². The Balaban J connectivity index is 2.03. The average Bonchev–Trinajstić information content (AvgIpc) is 2.65. The lowest BCUT2D eigenvalue weighted by molar-refractivity contribution is 0.329. The largest absolute Gasteiger partial charge is 0.323 e. The predicted molar refractivity (Wildman–Crippen MR) is 61.9 cm³/mol. The van der Waals surface area contributed by atoms with Crippen LogP contribution in [0.5, 0.6) is 0 Å². The smallest absolute Gasteiger partial charge is 0.0931 e. The summed E-state index contributed by atoms with van der Waals surface area (Å²) < 4.78 is 0.833. The Morgan fingerprint density at radius 3 is 3.00 bits per heavy atom. The van der Waals surface area contributed by atoms with Crippen molar-refractivity contribution in [2.75, 3.05) is 13.1 Å². The third-order valence-electron chi connectivity index (χ3n) is 2.77. The summed E-state index contributed by atoms with van der Waals surface area (Å²) in [4.78, 5) is 1.21. The molecular weight excluding hydrogens is 216 g/mol. The van der Waals surface area contributed by atoms with Crippen molar-refractivity contribution >= 4 is 22.9 Å². The van der Waals surface area contributed by atoms with Crippen molar-refractivity contribution in [3.05, 3.63) is 21.3 Å². The Labute approximate surface area is 93.4 Å². The maximum atomic E-state index is 6.19. The van der Waals surface area contributed by atoms with E-state index in [4.69, 9.17) is 17.3 Å². The fourth-order valence-corrected chi connectivity index (χ4v) is 3.08. The van der Waals surface area contributed by atoms with Crippen LogP contribution in [-0.2, 0) is 0 Å². The van der Waals surface area contributed by atoms with Gasteiger partial charge in [-0.2, -0.15) is 0 Å². The van der Waals surface area contributed by atoms with Crippen LogP contribution in [0.3, 0.4) is 0 Å². The van der Waals surface area contributed by atoms with Gasteiger partial charge in [-0.3, -0.25) is 0 Å². The van der Waals surface area contributed by atoms with Crippen LogP contribution in [0.1, 0.15) is 23.8 Å². The van der Waals surface area contributed by atoms with E-state index in [1.807, 2.05) is 12.1 Å². The molecule has 0 spiro atoms. The molecule has 0 amide bonds. The van der Waals surface area contributed by atoms with Gasteiger partial charge in [-0.25, -0.2) is 0 Å². The zero-order valence-corrected chi connectivity index (χ0v) is 9.57. The van der Waals surface area contributed by atoms with E-state index >= 15 is 0 Å². The zero-order valence-electron chi connectivity index (χ0n) is 8.00. The van der Waals surface area contributed by atoms with Crippen LogP contribution >= 0.6 is 22.9 Å². The first kappa shape index (κ1) is 10.4. The molecule has 14 heavy (non-hydrogen) atoms. The van der Waals surface area contributed by atoms with Gasteiger partial charge in [-0.15, -0.1) is 11.3 Å². The number of nitrogens with two attached hydrogens (primary N) is 1. The molecule has 2 heterocycles. The number of nitrogens with one attached hydrogen (secondary N) is 1. The normalized spacial score (nSPS) is 24.9. The van der Waals surface area contributed by atoms with E-state index in [9.17, 15) is 0 Å². The standard InChI is InChI=1S/C10H15ClN2S/c11-9-4-3-8(14-9)10(12)7-2-1-5-13-6-7/h3-4,7,10,13H,1-2,5-6,12H2. The molecule has 0 aliphatic carbocycles. The molecule has 2 atom stereocenters. The van der Waals surface area contributed by atoms with E-state index in [0.29, 0.717) is 5.92 Å². The molecule has 0 saturated carbocycles. The summed E-state index contributed by atoms with van der Waals surface area (Å²) in [6.07, 6.45) is 2.46. The summed E-state index contributed by atoms with van der Waals surface area (Å²) in [5, 5.41) is 3.38. The number of rotatable bonds is 2. The van der Waals surface area contributed by atoms with E-state index in [0.717, 1.165) is 17.4 Å². The van der Waals surface area contributed by atoms with Gasteiger partial charge in [-0.1, -0.05) is 11.6 Å². The lowest BCUT2D eigenvalue weighted by atomic mass is 9.91. The highest BCUT2D eigenvalue weighted by Crippen LogP contribution is 2.31. The third kappa shape index (κ3) is 2.28. The van der Waals surface area contributed by atoms with Crippen molar-refractivity contribution in [2.45, 2.75) is 18.9 Å². The highest BCUT2D eigenvalue weighted by molar-refractivity contribution is 7.16. The fourth-order valence-electron chi connectivity index (χ4n) is 1.93. The van der Waals surface area contributed by atoms with Gasteiger partial charge in [0.1, 0.15) is 0 Å². The molecule has 2 unspecified atom stereocenters. The van der Waals surface area contributed by atoms with E-state index in [2.05, 4.69) is 5.32 Å².